The first-order valence-electron chi connectivity index (χ1n) is 20.8. The second kappa shape index (κ2) is 14.6. The predicted octanol–water partition coefficient (Wildman–Crippen LogP) is 14.0. The van der Waals surface area contributed by atoms with Gasteiger partial charge in [-0.2, -0.15) is 0 Å². The zero-order chi connectivity index (χ0) is 41.0. The maximum atomic E-state index is 5.03. The van der Waals surface area contributed by atoms with E-state index < -0.39 is 0 Å². The molecule has 0 aliphatic carbocycles. The van der Waals surface area contributed by atoms with E-state index in [1.807, 2.05) is 72.8 Å². The highest BCUT2D eigenvalue weighted by Gasteiger charge is 2.19. The average molecular weight is 790 g/mol. The molecule has 0 aliphatic rings. The lowest BCUT2D eigenvalue weighted by Crippen LogP contribution is -2.00. The number of para-hydroxylation sites is 2. The minimum Gasteiger partial charge on any atom is -0.309 e. The van der Waals surface area contributed by atoms with Crippen molar-refractivity contribution in [2.45, 2.75) is 0 Å². The van der Waals surface area contributed by atoms with Crippen molar-refractivity contribution in [2.24, 2.45) is 0 Å². The Morgan fingerprint density at radius 2 is 0.903 bits per heavy atom. The lowest BCUT2D eigenvalue weighted by atomic mass is 9.97. The van der Waals surface area contributed by atoms with Crippen LogP contribution in [-0.4, -0.2) is 24.1 Å². The van der Waals surface area contributed by atoms with Crippen LogP contribution in [0.4, 0.5) is 0 Å². The molecule has 0 amide bonds. The second-order valence-electron chi connectivity index (χ2n) is 15.5. The monoisotopic (exact) mass is 789 g/mol. The van der Waals surface area contributed by atoms with E-state index in [2.05, 4.69) is 161 Å². The molecule has 0 saturated carbocycles. The molecule has 12 rings (SSSR count). The summed E-state index contributed by atoms with van der Waals surface area (Å²) < 4.78 is 4.66. The van der Waals surface area contributed by atoms with Gasteiger partial charge < -0.3 is 9.13 Å². The Bertz CT molecular complexity index is 3550. The predicted molar refractivity (Wildman–Crippen MR) is 253 cm³/mol. The van der Waals surface area contributed by atoms with Crippen LogP contribution in [0.1, 0.15) is 0 Å². The number of benzene rings is 8. The molecule has 0 saturated heterocycles. The molecule has 0 bridgehead atoms. The number of rotatable bonds is 7. The summed E-state index contributed by atoms with van der Waals surface area (Å²) >= 11 is 0. The third kappa shape index (κ3) is 5.93. The van der Waals surface area contributed by atoms with Gasteiger partial charge in [0.25, 0.3) is 0 Å². The maximum Gasteiger partial charge on any atom is 0.164 e. The average Bonchev–Trinajstić information content (AvgIpc) is 3.87. The molecule has 12 aromatic rings. The Balaban J connectivity index is 0.950. The molecular weight excluding hydrogens is 755 g/mol. The van der Waals surface area contributed by atoms with Crippen LogP contribution in [0.3, 0.4) is 0 Å². The van der Waals surface area contributed by atoms with Crippen LogP contribution < -0.4 is 0 Å². The standard InChI is InChI=1S/C57H35N5/c1-4-16-39(17-5-1)55-58-56(40-18-6-2-7-19-40)60-57(59-55)43-21-14-20-42(36-43)46-26-15-29-53-54(46)48-25-11-13-28-51(48)62(53)45-33-30-38(31-34-45)41-32-35-52-49(37-41)47-24-10-12-27-50(47)61(52)44-22-8-3-9-23-44/h1-8,10-22,24-37H. The molecule has 0 spiro atoms. The van der Waals surface area contributed by atoms with E-state index in [-0.39, 0.29) is 0 Å². The maximum absolute atomic E-state index is 5.03. The molecular formula is C57H35N5. The Kier molecular flexibility index (Phi) is 8.33. The van der Waals surface area contributed by atoms with Crippen molar-refractivity contribution in [1.82, 2.24) is 24.1 Å². The number of aromatic nitrogens is 5. The van der Waals surface area contributed by atoms with E-state index in [4.69, 9.17) is 15.0 Å². The molecule has 0 fully saturated rings. The van der Waals surface area contributed by atoms with E-state index in [1.54, 1.807) is 0 Å². The van der Waals surface area contributed by atoms with Gasteiger partial charge in [0.1, 0.15) is 0 Å². The SMILES string of the molecule is c1cccc(-n2c3ccccc3c3cc(-c4ccc(-n5c6ccccc6c6c(-c7cccc(-c8nc(-c9ccccc9)nc(-c9ccccc9)n8)c7)cccc65)cc4)ccc32)c#1. The summed E-state index contributed by atoms with van der Waals surface area (Å²) in [5.41, 5.74) is 14.1. The molecule has 288 valence electrons. The van der Waals surface area contributed by atoms with Gasteiger partial charge in [0.2, 0.25) is 0 Å². The third-order valence-electron chi connectivity index (χ3n) is 11.8. The molecule has 0 N–H and O–H groups in total. The van der Waals surface area contributed by atoms with Gasteiger partial charge in [-0.05, 0) is 89.0 Å². The highest BCUT2D eigenvalue weighted by molar-refractivity contribution is 6.16. The number of fused-ring (bicyclic) bond motifs is 6. The van der Waals surface area contributed by atoms with Crippen LogP contribution in [0.15, 0.2) is 212 Å². The van der Waals surface area contributed by atoms with E-state index in [0.717, 1.165) is 66.8 Å². The number of nitrogens with zero attached hydrogens (tertiary/aromatic N) is 5. The topological polar surface area (TPSA) is 48.5 Å². The van der Waals surface area contributed by atoms with Gasteiger partial charge in [-0.1, -0.05) is 158 Å². The van der Waals surface area contributed by atoms with Gasteiger partial charge in [-0.15, -0.1) is 0 Å². The van der Waals surface area contributed by atoms with E-state index in [0.29, 0.717) is 17.5 Å². The van der Waals surface area contributed by atoms with Gasteiger partial charge in [-0.25, -0.2) is 15.0 Å². The molecule has 3 heterocycles. The van der Waals surface area contributed by atoms with Crippen molar-refractivity contribution in [3.05, 3.63) is 224 Å². The minimum absolute atomic E-state index is 0.632. The fraction of sp³-hybridized carbons (Fsp3) is 0. The van der Waals surface area contributed by atoms with Crippen molar-refractivity contribution < 1.29 is 0 Å². The molecule has 9 aromatic carbocycles. The smallest absolute Gasteiger partial charge is 0.164 e. The third-order valence-corrected chi connectivity index (χ3v) is 11.8. The van der Waals surface area contributed by atoms with Gasteiger partial charge in [0, 0.05) is 43.9 Å². The molecule has 0 radical (unpaired) electrons. The molecule has 3 aromatic heterocycles. The Morgan fingerprint density at radius 1 is 0.339 bits per heavy atom. The van der Waals surface area contributed by atoms with Crippen LogP contribution in [0.25, 0.3) is 111 Å². The summed E-state index contributed by atoms with van der Waals surface area (Å²) in [4.78, 5) is 15.0. The molecule has 62 heavy (non-hydrogen) atoms. The Morgan fingerprint density at radius 3 is 1.61 bits per heavy atom. The van der Waals surface area contributed by atoms with E-state index in [1.165, 1.54) is 27.1 Å². The van der Waals surface area contributed by atoms with E-state index in [9.17, 15) is 0 Å². The first-order chi connectivity index (χ1) is 30.7. The van der Waals surface area contributed by atoms with Crippen LogP contribution in [0, 0.1) is 12.1 Å². The summed E-state index contributed by atoms with van der Waals surface area (Å²) in [6.07, 6.45) is 0. The zero-order valence-corrected chi connectivity index (χ0v) is 33.4. The van der Waals surface area contributed by atoms with Crippen molar-refractivity contribution in [3.8, 4) is 67.8 Å². The highest BCUT2D eigenvalue weighted by Crippen LogP contribution is 2.40. The molecule has 5 nitrogen and oxygen atoms in total. The fourth-order valence-electron chi connectivity index (χ4n) is 8.99. The Hall–Kier alpha value is -8.59. The summed E-state index contributed by atoms with van der Waals surface area (Å²) in [5, 5.41) is 4.82. The molecule has 5 heteroatoms. The van der Waals surface area contributed by atoms with Gasteiger partial charge in [0.05, 0.1) is 27.8 Å². The molecule has 0 atom stereocenters. The quantitative estimate of drug-likeness (QED) is 0.162. The number of hydrogen-bond acceptors (Lipinski definition) is 3. The fourth-order valence-corrected chi connectivity index (χ4v) is 8.99. The first-order valence-corrected chi connectivity index (χ1v) is 20.8. The van der Waals surface area contributed by atoms with Gasteiger partial charge >= 0.3 is 0 Å². The van der Waals surface area contributed by atoms with Crippen LogP contribution in [-0.2, 0) is 0 Å². The first kappa shape index (κ1) is 35.4. The second-order valence-corrected chi connectivity index (χ2v) is 15.5. The van der Waals surface area contributed by atoms with Gasteiger partial charge in [-0.3, -0.25) is 0 Å². The van der Waals surface area contributed by atoms with Crippen molar-refractivity contribution in [1.29, 1.82) is 0 Å². The minimum atomic E-state index is 0.632. The van der Waals surface area contributed by atoms with Crippen molar-refractivity contribution in [2.75, 3.05) is 0 Å². The van der Waals surface area contributed by atoms with Crippen LogP contribution >= 0.6 is 0 Å². The lowest BCUT2D eigenvalue weighted by molar-refractivity contribution is 1.07. The highest BCUT2D eigenvalue weighted by atomic mass is 15.0. The summed E-state index contributed by atoms with van der Waals surface area (Å²) in [6, 6.07) is 80.9. The zero-order valence-electron chi connectivity index (χ0n) is 33.4. The molecule has 0 aliphatic heterocycles. The normalized spacial score (nSPS) is 11.4. The van der Waals surface area contributed by atoms with Crippen LogP contribution in [0.2, 0.25) is 0 Å². The van der Waals surface area contributed by atoms with Crippen molar-refractivity contribution >= 4 is 43.6 Å². The largest absolute Gasteiger partial charge is 0.309 e. The van der Waals surface area contributed by atoms with Crippen molar-refractivity contribution in [3.63, 3.8) is 0 Å². The van der Waals surface area contributed by atoms with Gasteiger partial charge in [0.15, 0.2) is 17.5 Å². The van der Waals surface area contributed by atoms with Crippen LogP contribution in [0.5, 0.6) is 0 Å². The summed E-state index contributed by atoms with van der Waals surface area (Å²) in [7, 11) is 0. The number of hydrogen-bond donors (Lipinski definition) is 0. The molecule has 0 unspecified atom stereocenters. The lowest BCUT2D eigenvalue weighted by Gasteiger charge is -2.11. The summed E-state index contributed by atoms with van der Waals surface area (Å²) in [6.45, 7) is 0. The van der Waals surface area contributed by atoms with E-state index >= 15 is 0 Å². The Labute approximate surface area is 358 Å². The summed E-state index contributed by atoms with van der Waals surface area (Å²) in [5.74, 6) is 1.92.